The van der Waals surface area contributed by atoms with E-state index in [1.165, 1.54) is 12.1 Å². The molecule has 0 aliphatic rings. The first-order valence-electron chi connectivity index (χ1n) is 5.10. The first kappa shape index (κ1) is 13.5. The third kappa shape index (κ3) is 2.98. The summed E-state index contributed by atoms with van der Waals surface area (Å²) in [7, 11) is -4.23. The van der Waals surface area contributed by atoms with Crippen LogP contribution in [-0.4, -0.2) is 13.0 Å². The van der Waals surface area contributed by atoms with Crippen molar-refractivity contribution in [2.75, 3.05) is 0 Å². The second-order valence-electron chi connectivity index (χ2n) is 3.74. The fraction of sp³-hybridized carbons (Fsp3) is 0.273. The largest absolute Gasteiger partial charge is 0.402 e. The zero-order chi connectivity index (χ0) is 13.2. The predicted molar refractivity (Wildman–Crippen MR) is 66.7 cm³/mol. The lowest BCUT2D eigenvalue weighted by Gasteiger charge is -2.02. The molecule has 5 nitrogen and oxygen atoms in total. The minimum absolute atomic E-state index is 0.190. The van der Waals surface area contributed by atoms with Crippen LogP contribution in [0.2, 0.25) is 0 Å². The Morgan fingerprint density at radius 1 is 1.29 bits per heavy atom. The van der Waals surface area contributed by atoms with Gasteiger partial charge in [-0.1, -0.05) is 13.0 Å². The molecule has 0 fully saturated rings. The van der Waals surface area contributed by atoms with Gasteiger partial charge < -0.3 is 11.5 Å². The maximum atomic E-state index is 11.0. The van der Waals surface area contributed by atoms with Crippen LogP contribution in [0.1, 0.15) is 20.3 Å². The van der Waals surface area contributed by atoms with Gasteiger partial charge in [-0.15, -0.1) is 0 Å². The molecule has 1 aromatic rings. The summed E-state index contributed by atoms with van der Waals surface area (Å²) in [5.74, 6) is 0. The van der Waals surface area contributed by atoms with Crippen LogP contribution in [-0.2, 0) is 10.1 Å². The molecular formula is C11H16N2O3S. The third-order valence-electron chi connectivity index (χ3n) is 2.44. The minimum atomic E-state index is -4.23. The maximum Gasteiger partial charge on any atom is 0.294 e. The Morgan fingerprint density at radius 3 is 2.29 bits per heavy atom. The van der Waals surface area contributed by atoms with Crippen LogP contribution < -0.4 is 21.9 Å². The van der Waals surface area contributed by atoms with Crippen LogP contribution >= 0.6 is 0 Å². The van der Waals surface area contributed by atoms with Crippen molar-refractivity contribution >= 4 is 21.5 Å². The van der Waals surface area contributed by atoms with E-state index in [-0.39, 0.29) is 4.90 Å². The first-order valence-corrected chi connectivity index (χ1v) is 6.54. The molecule has 0 aliphatic heterocycles. The molecule has 0 spiro atoms. The summed E-state index contributed by atoms with van der Waals surface area (Å²) in [5, 5.41) is 1.22. The second kappa shape index (κ2) is 4.77. The summed E-state index contributed by atoms with van der Waals surface area (Å²) in [6.45, 7) is 3.54. The monoisotopic (exact) mass is 256 g/mol. The number of rotatable bonds is 2. The summed E-state index contributed by atoms with van der Waals surface area (Å²) >= 11 is 0. The summed E-state index contributed by atoms with van der Waals surface area (Å²) in [4.78, 5) is -0.190. The van der Waals surface area contributed by atoms with E-state index >= 15 is 0 Å². The normalized spacial score (nSPS) is 15.5. The molecule has 1 aromatic carbocycles. The van der Waals surface area contributed by atoms with Crippen LogP contribution in [0.15, 0.2) is 23.1 Å². The third-order valence-corrected chi connectivity index (χ3v) is 3.29. The number of hydrogen-bond acceptors (Lipinski definition) is 4. The summed E-state index contributed by atoms with van der Waals surface area (Å²) in [5.41, 5.74) is 12.6. The molecule has 1 rings (SSSR count). The Labute approximate surface area is 100 Å². The fourth-order valence-corrected chi connectivity index (χ4v) is 1.99. The van der Waals surface area contributed by atoms with E-state index < -0.39 is 10.1 Å². The molecule has 94 valence electrons. The van der Waals surface area contributed by atoms with Gasteiger partial charge in [0.2, 0.25) is 0 Å². The Balaban J connectivity index is 3.82. The number of benzene rings is 1. The molecule has 0 unspecified atom stereocenters. The molecule has 17 heavy (non-hydrogen) atoms. The highest BCUT2D eigenvalue weighted by Gasteiger charge is 2.09. The van der Waals surface area contributed by atoms with E-state index in [4.69, 9.17) is 16.0 Å². The van der Waals surface area contributed by atoms with Crippen LogP contribution in [0, 0.1) is 0 Å². The fourth-order valence-electron chi connectivity index (χ4n) is 1.48. The van der Waals surface area contributed by atoms with Gasteiger partial charge in [-0.3, -0.25) is 4.55 Å². The van der Waals surface area contributed by atoms with Gasteiger partial charge in [0.15, 0.2) is 0 Å². The maximum absolute atomic E-state index is 11.0. The molecule has 6 heteroatoms. The lowest BCUT2D eigenvalue weighted by molar-refractivity contribution is 0.483. The molecule has 0 saturated heterocycles. The van der Waals surface area contributed by atoms with Crippen molar-refractivity contribution in [1.82, 2.24) is 0 Å². The summed E-state index contributed by atoms with van der Waals surface area (Å²) < 4.78 is 31.0. The van der Waals surface area contributed by atoms with Gasteiger partial charge in [-0.2, -0.15) is 8.42 Å². The van der Waals surface area contributed by atoms with E-state index in [1.807, 2.05) is 6.92 Å². The number of hydrogen-bond donors (Lipinski definition) is 3. The predicted octanol–water partition coefficient (Wildman–Crippen LogP) is -0.503. The van der Waals surface area contributed by atoms with Crippen molar-refractivity contribution < 1.29 is 13.0 Å². The SMILES string of the molecule is CC/C(N)=c1/ccc(S(=O)(=O)O)c/c1=C(/C)N. The van der Waals surface area contributed by atoms with Crippen LogP contribution in [0.4, 0.5) is 0 Å². The van der Waals surface area contributed by atoms with Gasteiger partial charge in [0.25, 0.3) is 10.1 Å². The van der Waals surface area contributed by atoms with Gasteiger partial charge >= 0.3 is 0 Å². The average molecular weight is 256 g/mol. The minimum Gasteiger partial charge on any atom is -0.402 e. The Morgan fingerprint density at radius 2 is 1.88 bits per heavy atom. The molecular weight excluding hydrogens is 240 g/mol. The molecule has 0 heterocycles. The van der Waals surface area contributed by atoms with Gasteiger partial charge in [0.05, 0.1) is 4.90 Å². The zero-order valence-corrected chi connectivity index (χ0v) is 10.6. The Kier molecular flexibility index (Phi) is 3.79. The van der Waals surface area contributed by atoms with E-state index in [0.29, 0.717) is 28.3 Å². The van der Waals surface area contributed by atoms with Gasteiger partial charge in [-0.05, 0) is 25.5 Å². The molecule has 0 saturated carbocycles. The van der Waals surface area contributed by atoms with Gasteiger partial charge in [-0.25, -0.2) is 0 Å². The van der Waals surface area contributed by atoms with Crippen molar-refractivity contribution in [1.29, 1.82) is 0 Å². The van der Waals surface area contributed by atoms with Crippen molar-refractivity contribution in [3.05, 3.63) is 28.6 Å². The van der Waals surface area contributed by atoms with Crippen LogP contribution in [0.3, 0.4) is 0 Å². The van der Waals surface area contributed by atoms with Crippen LogP contribution in [0.25, 0.3) is 11.4 Å². The van der Waals surface area contributed by atoms with Gasteiger partial charge in [0, 0.05) is 21.8 Å². The summed E-state index contributed by atoms with van der Waals surface area (Å²) in [6.07, 6.45) is 0.630. The zero-order valence-electron chi connectivity index (χ0n) is 9.77. The van der Waals surface area contributed by atoms with E-state index in [9.17, 15) is 8.42 Å². The first-order chi connectivity index (χ1) is 7.77. The molecule has 0 amide bonds. The average Bonchev–Trinajstić information content (AvgIpc) is 2.25. The second-order valence-corrected chi connectivity index (χ2v) is 5.17. The highest BCUT2D eigenvalue weighted by atomic mass is 32.2. The molecule has 0 aliphatic carbocycles. The molecule has 0 atom stereocenters. The molecule has 0 aromatic heterocycles. The van der Waals surface area contributed by atoms with Crippen molar-refractivity contribution in [3.8, 4) is 0 Å². The van der Waals surface area contributed by atoms with E-state index in [0.717, 1.165) is 0 Å². The van der Waals surface area contributed by atoms with Crippen molar-refractivity contribution in [2.24, 2.45) is 11.5 Å². The van der Waals surface area contributed by atoms with E-state index in [1.54, 1.807) is 13.0 Å². The molecule has 5 N–H and O–H groups in total. The number of nitrogens with two attached hydrogens (primary N) is 2. The highest BCUT2D eigenvalue weighted by Crippen LogP contribution is 2.02. The lowest BCUT2D eigenvalue weighted by atomic mass is 10.1. The smallest absolute Gasteiger partial charge is 0.294 e. The molecule has 0 bridgehead atoms. The molecule has 0 radical (unpaired) electrons. The lowest BCUT2D eigenvalue weighted by Crippen LogP contribution is -2.33. The van der Waals surface area contributed by atoms with Crippen molar-refractivity contribution in [3.63, 3.8) is 0 Å². The van der Waals surface area contributed by atoms with Crippen molar-refractivity contribution in [2.45, 2.75) is 25.2 Å². The van der Waals surface area contributed by atoms with Gasteiger partial charge in [0.1, 0.15) is 0 Å². The van der Waals surface area contributed by atoms with E-state index in [2.05, 4.69) is 0 Å². The Hall–Kier alpha value is -1.53. The standard InChI is InChI=1S/C11H16N2O3S/c1-3-11(13)9-5-4-8(17(14,15)16)6-10(9)7(2)12/h4-6H,3,12-13H2,1-2H3,(H,14,15,16)/b10-7+,11-9+. The summed E-state index contributed by atoms with van der Waals surface area (Å²) in [6, 6.07) is 4.18. The Bertz CT molecular complexity index is 644. The highest BCUT2D eigenvalue weighted by molar-refractivity contribution is 7.85. The quantitative estimate of drug-likeness (QED) is 0.618. The topological polar surface area (TPSA) is 106 Å². The van der Waals surface area contributed by atoms with Crippen LogP contribution in [0.5, 0.6) is 0 Å².